The maximum Gasteiger partial charge on any atom is 0.247 e. The van der Waals surface area contributed by atoms with E-state index < -0.39 is 0 Å². The van der Waals surface area contributed by atoms with Crippen LogP contribution in [-0.4, -0.2) is 10.2 Å². The average molecular weight is 279 g/mol. The van der Waals surface area contributed by atoms with Crippen LogP contribution in [0.15, 0.2) is 52.9 Å². The molecule has 0 aliphatic rings. The van der Waals surface area contributed by atoms with Crippen molar-refractivity contribution in [2.75, 3.05) is 5.32 Å². The van der Waals surface area contributed by atoms with E-state index in [1.807, 2.05) is 30.3 Å². The van der Waals surface area contributed by atoms with Crippen molar-refractivity contribution in [3.05, 3.63) is 65.5 Å². The number of nitrogens with zero attached hydrogens (tertiary/aromatic N) is 2. The molecule has 0 saturated carbocycles. The van der Waals surface area contributed by atoms with Crippen LogP contribution in [0, 0.1) is 13.8 Å². The monoisotopic (exact) mass is 279 g/mol. The lowest BCUT2D eigenvalue weighted by atomic mass is 10.1. The summed E-state index contributed by atoms with van der Waals surface area (Å²) in [5, 5.41) is 11.5. The zero-order valence-corrected chi connectivity index (χ0v) is 12.1. The number of hydrogen-bond donors (Lipinski definition) is 1. The Morgan fingerprint density at radius 3 is 2.62 bits per heavy atom. The molecule has 0 aliphatic heterocycles. The summed E-state index contributed by atoms with van der Waals surface area (Å²) in [7, 11) is 0. The van der Waals surface area contributed by atoms with Crippen LogP contribution in [0.25, 0.3) is 11.5 Å². The lowest BCUT2D eigenvalue weighted by Crippen LogP contribution is -2.01. The summed E-state index contributed by atoms with van der Waals surface area (Å²) in [6.45, 7) is 4.67. The van der Waals surface area contributed by atoms with Crippen LogP contribution in [0.1, 0.15) is 17.0 Å². The van der Waals surface area contributed by atoms with Gasteiger partial charge in [-0.15, -0.1) is 10.2 Å². The molecule has 0 fully saturated rings. The largest absolute Gasteiger partial charge is 0.419 e. The Morgan fingerprint density at radius 1 is 1.00 bits per heavy atom. The molecule has 0 atom stereocenters. The fourth-order valence-corrected chi connectivity index (χ4v) is 2.12. The summed E-state index contributed by atoms with van der Waals surface area (Å²) in [5.41, 5.74) is 4.44. The molecular weight excluding hydrogens is 262 g/mol. The van der Waals surface area contributed by atoms with E-state index in [1.165, 1.54) is 11.1 Å². The van der Waals surface area contributed by atoms with Gasteiger partial charge in [0, 0.05) is 11.3 Å². The third kappa shape index (κ3) is 3.11. The highest BCUT2D eigenvalue weighted by Crippen LogP contribution is 2.19. The third-order valence-corrected chi connectivity index (χ3v) is 3.31. The van der Waals surface area contributed by atoms with Gasteiger partial charge in [0.15, 0.2) is 0 Å². The van der Waals surface area contributed by atoms with Crippen molar-refractivity contribution < 1.29 is 4.42 Å². The lowest BCUT2D eigenvalue weighted by molar-refractivity contribution is 0.515. The molecule has 0 saturated heterocycles. The van der Waals surface area contributed by atoms with Crippen molar-refractivity contribution in [3.8, 4) is 11.5 Å². The van der Waals surface area contributed by atoms with E-state index >= 15 is 0 Å². The summed E-state index contributed by atoms with van der Waals surface area (Å²) in [5.74, 6) is 1.13. The second kappa shape index (κ2) is 5.79. The van der Waals surface area contributed by atoms with Crippen LogP contribution in [0.3, 0.4) is 0 Å². The van der Waals surface area contributed by atoms with Crippen molar-refractivity contribution in [2.24, 2.45) is 0 Å². The van der Waals surface area contributed by atoms with Crippen molar-refractivity contribution >= 4 is 5.69 Å². The molecule has 4 heteroatoms. The summed E-state index contributed by atoms with van der Waals surface area (Å²) >= 11 is 0. The van der Waals surface area contributed by atoms with Crippen LogP contribution >= 0.6 is 0 Å². The number of rotatable bonds is 4. The Morgan fingerprint density at radius 2 is 1.81 bits per heavy atom. The zero-order chi connectivity index (χ0) is 14.7. The van der Waals surface area contributed by atoms with E-state index in [0.29, 0.717) is 18.3 Å². The molecule has 3 rings (SSSR count). The minimum Gasteiger partial charge on any atom is -0.419 e. The number of aryl methyl sites for hydroxylation is 2. The van der Waals surface area contributed by atoms with Gasteiger partial charge in [-0.2, -0.15) is 0 Å². The first-order valence-electron chi connectivity index (χ1n) is 6.91. The second-order valence-corrected chi connectivity index (χ2v) is 5.04. The minimum absolute atomic E-state index is 0.518. The quantitative estimate of drug-likeness (QED) is 0.785. The highest BCUT2D eigenvalue weighted by atomic mass is 16.4. The van der Waals surface area contributed by atoms with Gasteiger partial charge in [0.1, 0.15) is 0 Å². The van der Waals surface area contributed by atoms with E-state index in [9.17, 15) is 0 Å². The van der Waals surface area contributed by atoms with Crippen LogP contribution < -0.4 is 5.32 Å². The maximum absolute atomic E-state index is 5.68. The highest BCUT2D eigenvalue weighted by Gasteiger charge is 2.08. The number of anilines is 1. The van der Waals surface area contributed by atoms with Crippen LogP contribution in [0.4, 0.5) is 5.69 Å². The summed E-state index contributed by atoms with van der Waals surface area (Å²) in [6, 6.07) is 16.1. The number of aromatic nitrogens is 2. The Hall–Kier alpha value is -2.62. The molecule has 0 spiro atoms. The van der Waals surface area contributed by atoms with Gasteiger partial charge in [0.2, 0.25) is 11.8 Å². The number of benzene rings is 2. The maximum atomic E-state index is 5.68. The van der Waals surface area contributed by atoms with E-state index in [0.717, 1.165) is 11.3 Å². The topological polar surface area (TPSA) is 51.0 Å². The van der Waals surface area contributed by atoms with Crippen LogP contribution in [0.5, 0.6) is 0 Å². The van der Waals surface area contributed by atoms with Crippen molar-refractivity contribution in [2.45, 2.75) is 20.4 Å². The van der Waals surface area contributed by atoms with Gasteiger partial charge >= 0.3 is 0 Å². The summed E-state index contributed by atoms with van der Waals surface area (Å²) in [4.78, 5) is 0. The Bertz CT molecular complexity index is 735. The fraction of sp³-hybridized carbons (Fsp3) is 0.176. The fourth-order valence-electron chi connectivity index (χ4n) is 2.12. The molecule has 1 heterocycles. The van der Waals surface area contributed by atoms with E-state index in [4.69, 9.17) is 4.42 Å². The standard InChI is InChI=1S/C17H17N3O/c1-12-8-9-13(2)15(10-12)18-11-16-19-20-17(21-16)14-6-4-3-5-7-14/h3-10,18H,11H2,1-2H3. The van der Waals surface area contributed by atoms with Crippen LogP contribution in [0.2, 0.25) is 0 Å². The molecule has 1 N–H and O–H groups in total. The Labute approximate surface area is 123 Å². The second-order valence-electron chi connectivity index (χ2n) is 5.04. The van der Waals surface area contributed by atoms with Gasteiger partial charge in [0.05, 0.1) is 6.54 Å². The van der Waals surface area contributed by atoms with Gasteiger partial charge < -0.3 is 9.73 Å². The van der Waals surface area contributed by atoms with E-state index in [1.54, 1.807) is 0 Å². The smallest absolute Gasteiger partial charge is 0.247 e. The normalized spacial score (nSPS) is 10.6. The average Bonchev–Trinajstić information content (AvgIpc) is 2.98. The first-order valence-corrected chi connectivity index (χ1v) is 6.91. The predicted octanol–water partition coefficient (Wildman–Crippen LogP) is 3.97. The molecular formula is C17H17N3O. The zero-order valence-electron chi connectivity index (χ0n) is 12.1. The molecule has 0 unspecified atom stereocenters. The van der Waals surface area contributed by atoms with Gasteiger partial charge in [-0.3, -0.25) is 0 Å². The molecule has 0 aliphatic carbocycles. The molecule has 0 bridgehead atoms. The highest BCUT2D eigenvalue weighted by molar-refractivity contribution is 5.53. The van der Waals surface area contributed by atoms with Gasteiger partial charge in [-0.25, -0.2) is 0 Å². The molecule has 0 radical (unpaired) electrons. The molecule has 21 heavy (non-hydrogen) atoms. The summed E-state index contributed by atoms with van der Waals surface area (Å²) < 4.78 is 5.68. The SMILES string of the molecule is Cc1ccc(C)c(NCc2nnc(-c3ccccc3)o2)c1. The molecule has 2 aromatic carbocycles. The Kier molecular flexibility index (Phi) is 3.69. The number of hydrogen-bond acceptors (Lipinski definition) is 4. The lowest BCUT2D eigenvalue weighted by Gasteiger charge is -2.08. The molecule has 3 aromatic rings. The van der Waals surface area contributed by atoms with Crippen molar-refractivity contribution in [1.82, 2.24) is 10.2 Å². The first-order chi connectivity index (χ1) is 10.2. The predicted molar refractivity (Wildman–Crippen MR) is 83.0 cm³/mol. The molecule has 0 amide bonds. The third-order valence-electron chi connectivity index (χ3n) is 3.31. The summed E-state index contributed by atoms with van der Waals surface area (Å²) in [6.07, 6.45) is 0. The van der Waals surface area contributed by atoms with Gasteiger partial charge in [-0.1, -0.05) is 30.3 Å². The molecule has 1 aromatic heterocycles. The van der Waals surface area contributed by atoms with Crippen molar-refractivity contribution in [3.63, 3.8) is 0 Å². The molecule has 106 valence electrons. The first kappa shape index (κ1) is 13.4. The number of nitrogens with one attached hydrogen (secondary N) is 1. The van der Waals surface area contributed by atoms with E-state index in [2.05, 4.69) is 47.6 Å². The van der Waals surface area contributed by atoms with E-state index in [-0.39, 0.29) is 0 Å². The Balaban J connectivity index is 1.72. The van der Waals surface area contributed by atoms with Crippen LogP contribution in [-0.2, 0) is 6.54 Å². The molecule has 4 nitrogen and oxygen atoms in total. The van der Waals surface area contributed by atoms with Crippen molar-refractivity contribution in [1.29, 1.82) is 0 Å². The minimum atomic E-state index is 0.518. The van der Waals surface area contributed by atoms with Gasteiger partial charge in [0.25, 0.3) is 0 Å². The van der Waals surface area contributed by atoms with Gasteiger partial charge in [-0.05, 0) is 43.2 Å².